The summed E-state index contributed by atoms with van der Waals surface area (Å²) in [6, 6.07) is 41.4. The first-order valence-corrected chi connectivity index (χ1v) is 20.2. The van der Waals surface area contributed by atoms with Crippen molar-refractivity contribution < 1.29 is 25.8 Å². The number of nitrogens with zero attached hydrogens (tertiary/aromatic N) is 5. The van der Waals surface area contributed by atoms with E-state index in [1.165, 1.54) is 25.6 Å². The van der Waals surface area contributed by atoms with Crippen molar-refractivity contribution in [2.24, 2.45) is 0 Å². The van der Waals surface area contributed by atoms with E-state index in [4.69, 9.17) is 9.72 Å². The summed E-state index contributed by atoms with van der Waals surface area (Å²) in [5.74, 6) is 2.89. The van der Waals surface area contributed by atoms with Gasteiger partial charge >= 0.3 is 215 Å². The number of aromatic nitrogens is 2. The zero-order valence-corrected chi connectivity index (χ0v) is 36.8. The third-order valence-electron chi connectivity index (χ3n) is 9.90. The summed E-state index contributed by atoms with van der Waals surface area (Å²) in [7, 11) is 0. The fourth-order valence-electron chi connectivity index (χ4n) is 6.72. The van der Waals surface area contributed by atoms with Crippen molar-refractivity contribution in [1.29, 1.82) is 0 Å². The largest absolute Gasteiger partial charge is 0.0561 e. The van der Waals surface area contributed by atoms with E-state index < -0.39 is 0 Å². The van der Waals surface area contributed by atoms with Crippen molar-refractivity contribution in [2.75, 3.05) is 14.7 Å². The molecule has 0 saturated heterocycles. The summed E-state index contributed by atoms with van der Waals surface area (Å²) in [6.45, 7) is 22.7. The Labute approximate surface area is 347 Å². The molecule has 0 spiro atoms. The molecule has 0 radical (unpaired) electrons. The third-order valence-corrected chi connectivity index (χ3v) is 12.2. The topological polar surface area (TPSA) is 44.7 Å². The Balaban J connectivity index is 0.00000465. The number of rotatable bonds is 5. The van der Waals surface area contributed by atoms with Gasteiger partial charge in [0.25, 0.3) is 0 Å². The van der Waals surface area contributed by atoms with Gasteiger partial charge in [-0.1, -0.05) is 68.4 Å². The molecule has 0 unspecified atom stereocenters. The SMILES string of the molecule is CC(C)(C)c1cc(N2[CH-]N(c3[c-]c(Oc4[c-]c5c(cc4)[Se]c4cccnc4N5c4ccccn4)ccc3)c3ccc(C(C)(C)C)cc32)cc(C(C)(C)C)c1.[Pt]. The zero-order valence-electron chi connectivity index (χ0n) is 32.8. The number of anilines is 7. The normalized spacial score (nSPS) is 13.9. The second-order valence-corrected chi connectivity index (χ2v) is 19.3. The van der Waals surface area contributed by atoms with Crippen molar-refractivity contribution in [3.63, 3.8) is 0 Å². The molecule has 284 valence electrons. The summed E-state index contributed by atoms with van der Waals surface area (Å²) in [5, 5.41) is 0. The van der Waals surface area contributed by atoms with Crippen molar-refractivity contribution in [3.05, 3.63) is 145 Å². The molecule has 6 aromatic rings. The smallest absolute Gasteiger partial charge is 0 e. The van der Waals surface area contributed by atoms with E-state index in [0.717, 1.165) is 40.1 Å². The van der Waals surface area contributed by atoms with Crippen LogP contribution in [0.3, 0.4) is 0 Å². The van der Waals surface area contributed by atoms with E-state index in [2.05, 4.69) is 155 Å². The number of benzene rings is 4. The molecule has 55 heavy (non-hydrogen) atoms. The van der Waals surface area contributed by atoms with Crippen LogP contribution in [0.1, 0.15) is 79.0 Å². The van der Waals surface area contributed by atoms with Crippen molar-refractivity contribution >= 4 is 64.0 Å². The van der Waals surface area contributed by atoms with Crippen LogP contribution >= 0.6 is 0 Å². The summed E-state index contributed by atoms with van der Waals surface area (Å²) in [4.78, 5) is 16.1. The molecule has 6 nitrogen and oxygen atoms in total. The van der Waals surface area contributed by atoms with Gasteiger partial charge in [-0.3, -0.25) is 0 Å². The Morgan fingerprint density at radius 3 is 2.00 bits per heavy atom. The number of ether oxygens (including phenoxy) is 1. The van der Waals surface area contributed by atoms with Crippen LogP contribution in [0.15, 0.2) is 109 Å². The van der Waals surface area contributed by atoms with Gasteiger partial charge in [0.15, 0.2) is 0 Å². The van der Waals surface area contributed by atoms with Gasteiger partial charge in [0, 0.05) is 21.1 Å². The van der Waals surface area contributed by atoms with Crippen molar-refractivity contribution in [2.45, 2.75) is 78.6 Å². The first-order chi connectivity index (χ1) is 25.6. The van der Waals surface area contributed by atoms with Gasteiger partial charge in [-0.05, 0) is 45.1 Å². The van der Waals surface area contributed by atoms with Gasteiger partial charge in [-0.15, -0.1) is 0 Å². The average molecular weight is 971 g/mol. The maximum Gasteiger partial charge on any atom is 0 e. The van der Waals surface area contributed by atoms with E-state index in [9.17, 15) is 0 Å². The summed E-state index contributed by atoms with van der Waals surface area (Å²) >= 11 is 0.0725. The van der Waals surface area contributed by atoms with Crippen LogP contribution in [-0.4, -0.2) is 24.9 Å². The van der Waals surface area contributed by atoms with Crippen LogP contribution in [0.25, 0.3) is 0 Å². The Morgan fingerprint density at radius 2 is 1.31 bits per heavy atom. The molecule has 8 rings (SSSR count). The zero-order chi connectivity index (χ0) is 38.0. The quantitative estimate of drug-likeness (QED) is 0.127. The van der Waals surface area contributed by atoms with Crippen LogP contribution in [0.4, 0.5) is 40.1 Å². The molecule has 0 fully saturated rings. The molecule has 2 aromatic heterocycles. The van der Waals surface area contributed by atoms with Crippen LogP contribution in [0, 0.1) is 18.8 Å². The van der Waals surface area contributed by atoms with Crippen LogP contribution in [-0.2, 0) is 37.3 Å². The Morgan fingerprint density at radius 1 is 0.600 bits per heavy atom. The standard InChI is InChI=1S/C47H46N5OSe.Pt/c1-45(2,3)31-18-20-38-39(27-31)51(35-25-32(46(4,5)6)24-33(26-35)47(7,8)9)30-50(38)34-14-12-15-36(28-34)53-37-19-21-41-40(29-37)52(43-17-10-11-22-48-43)44-42(54-41)16-13-23-49-44;/h10-27,30H,1-9H3;/q-3;. The van der Waals surface area contributed by atoms with Gasteiger partial charge in [0.05, 0.1) is 0 Å². The fourth-order valence-corrected chi connectivity index (χ4v) is 8.80. The van der Waals surface area contributed by atoms with Gasteiger partial charge in [-0.25, -0.2) is 0 Å². The second kappa shape index (κ2) is 14.6. The van der Waals surface area contributed by atoms with E-state index in [1.54, 1.807) is 0 Å². The number of hydrogen-bond acceptors (Lipinski definition) is 6. The average Bonchev–Trinajstić information content (AvgIpc) is 3.52. The van der Waals surface area contributed by atoms with Crippen LogP contribution in [0.2, 0.25) is 0 Å². The predicted molar refractivity (Wildman–Crippen MR) is 223 cm³/mol. The molecule has 2 aliphatic heterocycles. The summed E-state index contributed by atoms with van der Waals surface area (Å²) in [5.41, 5.74) is 9.07. The Hall–Kier alpha value is -4.41. The molecular weight excluding hydrogens is 925 g/mol. The molecule has 0 bridgehead atoms. The molecule has 0 amide bonds. The minimum atomic E-state index is -0.00577. The molecule has 0 atom stereocenters. The maximum absolute atomic E-state index is 6.56. The van der Waals surface area contributed by atoms with E-state index in [-0.39, 0.29) is 52.3 Å². The van der Waals surface area contributed by atoms with E-state index >= 15 is 0 Å². The number of pyridine rings is 2. The Kier molecular flexibility index (Phi) is 10.3. The molecule has 0 aliphatic carbocycles. The van der Waals surface area contributed by atoms with Gasteiger partial charge in [0.1, 0.15) is 0 Å². The fraction of sp³-hybridized carbons (Fsp3) is 0.255. The van der Waals surface area contributed by atoms with Gasteiger partial charge in [0.2, 0.25) is 0 Å². The molecule has 2 aliphatic rings. The third kappa shape index (κ3) is 7.72. The summed E-state index contributed by atoms with van der Waals surface area (Å²) < 4.78 is 8.96. The molecule has 0 N–H and O–H groups in total. The second-order valence-electron chi connectivity index (χ2n) is 17.1. The minimum Gasteiger partial charge on any atom is -0.0561 e. The van der Waals surface area contributed by atoms with Gasteiger partial charge in [-0.2, -0.15) is 0 Å². The Bertz CT molecular complexity index is 2330. The molecular formula is C47H46N5OPtSe-3. The first-order valence-electron chi connectivity index (χ1n) is 18.5. The van der Waals surface area contributed by atoms with Crippen LogP contribution < -0.4 is 28.4 Å². The van der Waals surface area contributed by atoms with E-state index in [1.807, 2.05) is 54.9 Å². The van der Waals surface area contributed by atoms with Crippen LogP contribution in [0.5, 0.6) is 11.5 Å². The minimum absolute atomic E-state index is 0. The molecule has 0 saturated carbocycles. The molecule has 4 aromatic carbocycles. The van der Waals surface area contributed by atoms with Crippen molar-refractivity contribution in [3.8, 4) is 11.5 Å². The van der Waals surface area contributed by atoms with E-state index in [0.29, 0.717) is 11.5 Å². The number of fused-ring (bicyclic) bond motifs is 3. The molecule has 8 heteroatoms. The summed E-state index contributed by atoms with van der Waals surface area (Å²) in [6.07, 6.45) is 3.64. The predicted octanol–water partition coefficient (Wildman–Crippen LogP) is 10.6. The number of hydrogen-bond donors (Lipinski definition) is 0. The van der Waals surface area contributed by atoms with Crippen molar-refractivity contribution in [1.82, 2.24) is 9.97 Å². The maximum atomic E-state index is 6.56. The monoisotopic (exact) mass is 971 g/mol. The molecule has 4 heterocycles. The first kappa shape index (κ1) is 38.8. The van der Waals surface area contributed by atoms with Gasteiger partial charge < -0.3 is 0 Å².